The number of hydrogen-bond donors (Lipinski definition) is 1. The average Bonchev–Trinajstić information content (AvgIpc) is 3.37. The van der Waals surface area contributed by atoms with Crippen LogP contribution in [-0.2, 0) is 9.53 Å². The largest absolute Gasteiger partial charge is 0.492 e. The van der Waals surface area contributed by atoms with Crippen molar-refractivity contribution in [3.63, 3.8) is 0 Å². The van der Waals surface area contributed by atoms with Gasteiger partial charge in [-0.05, 0) is 30.9 Å². The maximum atomic E-state index is 12.6. The SMILES string of the molecule is O=C(O)C1CN(C(=O)c2ccccc2OCC2CC2)CCO1. The molecule has 1 N–H and O–H groups in total. The number of hydrogen-bond acceptors (Lipinski definition) is 4. The summed E-state index contributed by atoms with van der Waals surface area (Å²) < 4.78 is 10.9. The van der Waals surface area contributed by atoms with Crippen LogP contribution in [0.15, 0.2) is 24.3 Å². The molecule has 1 aliphatic carbocycles. The van der Waals surface area contributed by atoms with E-state index in [4.69, 9.17) is 14.6 Å². The van der Waals surface area contributed by atoms with Gasteiger partial charge in [-0.2, -0.15) is 0 Å². The number of carbonyl (C=O) groups is 2. The van der Waals surface area contributed by atoms with Gasteiger partial charge in [0.05, 0.1) is 25.3 Å². The van der Waals surface area contributed by atoms with Crippen molar-refractivity contribution in [1.82, 2.24) is 4.90 Å². The Hall–Kier alpha value is -2.08. The molecule has 1 unspecified atom stereocenters. The third kappa shape index (κ3) is 3.39. The molecule has 22 heavy (non-hydrogen) atoms. The Morgan fingerprint density at radius 1 is 1.32 bits per heavy atom. The topological polar surface area (TPSA) is 76.1 Å². The Morgan fingerprint density at radius 2 is 2.09 bits per heavy atom. The average molecular weight is 305 g/mol. The summed E-state index contributed by atoms with van der Waals surface area (Å²) in [4.78, 5) is 25.2. The number of amides is 1. The van der Waals surface area contributed by atoms with Crippen LogP contribution < -0.4 is 4.74 Å². The summed E-state index contributed by atoms with van der Waals surface area (Å²) in [7, 11) is 0. The summed E-state index contributed by atoms with van der Waals surface area (Å²) >= 11 is 0. The molecular formula is C16H19NO5. The van der Waals surface area contributed by atoms with Gasteiger partial charge in [0.1, 0.15) is 5.75 Å². The highest BCUT2D eigenvalue weighted by molar-refractivity contribution is 5.97. The fraction of sp³-hybridized carbons (Fsp3) is 0.500. The summed E-state index contributed by atoms with van der Waals surface area (Å²) in [6, 6.07) is 7.12. The molecule has 1 saturated heterocycles. The van der Waals surface area contributed by atoms with Crippen molar-refractivity contribution in [3.05, 3.63) is 29.8 Å². The van der Waals surface area contributed by atoms with Gasteiger partial charge < -0.3 is 19.5 Å². The summed E-state index contributed by atoms with van der Waals surface area (Å²) in [6.07, 6.45) is 1.40. The first kappa shape index (κ1) is 14.8. The summed E-state index contributed by atoms with van der Waals surface area (Å²) in [5.41, 5.74) is 0.481. The van der Waals surface area contributed by atoms with Gasteiger partial charge in [-0.15, -0.1) is 0 Å². The van der Waals surface area contributed by atoms with Crippen molar-refractivity contribution in [2.75, 3.05) is 26.3 Å². The normalized spacial score (nSPS) is 21.5. The molecule has 118 valence electrons. The first-order chi connectivity index (χ1) is 10.6. The molecule has 0 radical (unpaired) electrons. The van der Waals surface area contributed by atoms with Gasteiger partial charge >= 0.3 is 5.97 Å². The summed E-state index contributed by atoms with van der Waals surface area (Å²) in [6.45, 7) is 1.31. The van der Waals surface area contributed by atoms with E-state index in [0.29, 0.717) is 30.4 Å². The molecule has 6 heteroatoms. The van der Waals surface area contributed by atoms with Gasteiger partial charge in [0.15, 0.2) is 6.10 Å². The molecule has 1 amide bonds. The number of carboxylic acids is 1. The minimum atomic E-state index is -1.05. The van der Waals surface area contributed by atoms with Gasteiger partial charge in [0, 0.05) is 6.54 Å². The van der Waals surface area contributed by atoms with Crippen molar-refractivity contribution < 1.29 is 24.2 Å². The number of rotatable bonds is 5. The number of morpholine rings is 1. The van der Waals surface area contributed by atoms with Crippen molar-refractivity contribution in [3.8, 4) is 5.75 Å². The number of carbonyl (C=O) groups excluding carboxylic acids is 1. The van der Waals surface area contributed by atoms with Crippen molar-refractivity contribution in [1.29, 1.82) is 0 Å². The maximum Gasteiger partial charge on any atom is 0.334 e. The molecule has 1 aromatic rings. The van der Waals surface area contributed by atoms with E-state index in [-0.39, 0.29) is 19.1 Å². The third-order valence-corrected chi connectivity index (χ3v) is 3.92. The van der Waals surface area contributed by atoms with Crippen LogP contribution in [0.4, 0.5) is 0 Å². The zero-order chi connectivity index (χ0) is 15.5. The fourth-order valence-electron chi connectivity index (χ4n) is 2.41. The van der Waals surface area contributed by atoms with E-state index >= 15 is 0 Å². The van der Waals surface area contributed by atoms with E-state index in [1.54, 1.807) is 18.2 Å². The highest BCUT2D eigenvalue weighted by atomic mass is 16.5. The number of benzene rings is 1. The fourth-order valence-corrected chi connectivity index (χ4v) is 2.41. The number of carboxylic acid groups (broad SMARTS) is 1. The van der Waals surface area contributed by atoms with E-state index in [0.717, 1.165) is 0 Å². The predicted molar refractivity (Wildman–Crippen MR) is 77.9 cm³/mol. The van der Waals surface area contributed by atoms with Gasteiger partial charge in [-0.1, -0.05) is 12.1 Å². The molecule has 2 fully saturated rings. The summed E-state index contributed by atoms with van der Waals surface area (Å²) in [5, 5.41) is 9.03. The lowest BCUT2D eigenvalue weighted by Crippen LogP contribution is -2.48. The molecule has 2 aliphatic rings. The molecule has 0 bridgehead atoms. The first-order valence-corrected chi connectivity index (χ1v) is 7.50. The van der Waals surface area contributed by atoms with E-state index in [9.17, 15) is 9.59 Å². The second kappa shape index (κ2) is 6.36. The Balaban J connectivity index is 1.71. The van der Waals surface area contributed by atoms with Crippen molar-refractivity contribution >= 4 is 11.9 Å². The smallest absolute Gasteiger partial charge is 0.334 e. The third-order valence-electron chi connectivity index (χ3n) is 3.92. The van der Waals surface area contributed by atoms with Crippen LogP contribution in [0.1, 0.15) is 23.2 Å². The van der Waals surface area contributed by atoms with Crippen LogP contribution in [0.2, 0.25) is 0 Å². The standard InChI is InChI=1S/C16H19NO5/c18-15(17-7-8-21-14(9-17)16(19)20)12-3-1-2-4-13(12)22-10-11-5-6-11/h1-4,11,14H,5-10H2,(H,19,20). The minimum Gasteiger partial charge on any atom is -0.492 e. The van der Waals surface area contributed by atoms with Gasteiger partial charge in [-0.3, -0.25) is 4.79 Å². The Kier molecular flexibility index (Phi) is 4.29. The monoisotopic (exact) mass is 305 g/mol. The molecular weight excluding hydrogens is 286 g/mol. The van der Waals surface area contributed by atoms with Crippen LogP contribution >= 0.6 is 0 Å². The molecule has 1 saturated carbocycles. The number of ether oxygens (including phenoxy) is 2. The van der Waals surface area contributed by atoms with Gasteiger partial charge in [0.25, 0.3) is 5.91 Å². The lowest BCUT2D eigenvalue weighted by molar-refractivity contribution is -0.154. The van der Waals surface area contributed by atoms with E-state index in [1.165, 1.54) is 17.7 Å². The zero-order valence-corrected chi connectivity index (χ0v) is 12.2. The number of para-hydroxylation sites is 1. The van der Waals surface area contributed by atoms with Crippen LogP contribution in [0.25, 0.3) is 0 Å². The van der Waals surface area contributed by atoms with E-state index in [1.807, 2.05) is 6.07 Å². The summed E-state index contributed by atoms with van der Waals surface area (Å²) in [5.74, 6) is -0.0857. The molecule has 0 spiro atoms. The molecule has 0 aromatic heterocycles. The Bertz CT molecular complexity index is 569. The Morgan fingerprint density at radius 3 is 2.82 bits per heavy atom. The second-order valence-corrected chi connectivity index (χ2v) is 5.70. The number of nitrogens with zero attached hydrogens (tertiary/aromatic N) is 1. The van der Waals surface area contributed by atoms with E-state index in [2.05, 4.69) is 0 Å². The van der Waals surface area contributed by atoms with Gasteiger partial charge in [0.2, 0.25) is 0 Å². The maximum absolute atomic E-state index is 12.6. The van der Waals surface area contributed by atoms with Crippen LogP contribution in [0, 0.1) is 5.92 Å². The lowest BCUT2D eigenvalue weighted by atomic mass is 10.1. The van der Waals surface area contributed by atoms with Crippen LogP contribution in [-0.4, -0.2) is 54.3 Å². The van der Waals surface area contributed by atoms with Crippen molar-refractivity contribution in [2.45, 2.75) is 18.9 Å². The quantitative estimate of drug-likeness (QED) is 0.890. The highest BCUT2D eigenvalue weighted by Crippen LogP contribution is 2.30. The predicted octanol–water partition coefficient (Wildman–Crippen LogP) is 1.40. The highest BCUT2D eigenvalue weighted by Gasteiger charge is 2.31. The van der Waals surface area contributed by atoms with E-state index < -0.39 is 12.1 Å². The lowest BCUT2D eigenvalue weighted by Gasteiger charge is -2.31. The van der Waals surface area contributed by atoms with Crippen LogP contribution in [0.5, 0.6) is 5.75 Å². The Labute approximate surface area is 128 Å². The van der Waals surface area contributed by atoms with Gasteiger partial charge in [-0.25, -0.2) is 4.79 Å². The minimum absolute atomic E-state index is 0.0606. The molecule has 1 atom stereocenters. The van der Waals surface area contributed by atoms with Crippen molar-refractivity contribution in [2.24, 2.45) is 5.92 Å². The molecule has 6 nitrogen and oxygen atoms in total. The van der Waals surface area contributed by atoms with Crippen LogP contribution in [0.3, 0.4) is 0 Å². The molecule has 1 aromatic carbocycles. The molecule has 3 rings (SSSR count). The first-order valence-electron chi connectivity index (χ1n) is 7.50. The molecule has 1 aliphatic heterocycles. The number of aliphatic carboxylic acids is 1. The second-order valence-electron chi connectivity index (χ2n) is 5.70. The zero-order valence-electron chi connectivity index (χ0n) is 12.2. The molecule has 1 heterocycles.